The van der Waals surface area contributed by atoms with Crippen LogP contribution in [0.4, 0.5) is 5.69 Å². The molecule has 4 heteroatoms. The predicted octanol–water partition coefficient (Wildman–Crippen LogP) is 3.38. The summed E-state index contributed by atoms with van der Waals surface area (Å²) in [5.74, 6) is 1.35. The topological polar surface area (TPSA) is 41.6 Å². The Labute approximate surface area is 136 Å². The summed E-state index contributed by atoms with van der Waals surface area (Å²) in [7, 11) is 1.67. The van der Waals surface area contributed by atoms with Gasteiger partial charge in [-0.15, -0.1) is 0 Å². The van der Waals surface area contributed by atoms with Gasteiger partial charge in [-0.25, -0.2) is 0 Å². The van der Waals surface area contributed by atoms with Crippen molar-refractivity contribution in [3.63, 3.8) is 0 Å². The number of carbonyl (C=O) groups excluding carboxylic acids is 1. The molecule has 4 rings (SSSR count). The van der Waals surface area contributed by atoms with E-state index in [9.17, 15) is 4.79 Å². The van der Waals surface area contributed by atoms with E-state index >= 15 is 0 Å². The van der Waals surface area contributed by atoms with Gasteiger partial charge in [0.05, 0.1) is 19.2 Å². The lowest BCUT2D eigenvalue weighted by atomic mass is 9.73. The lowest BCUT2D eigenvalue weighted by Crippen LogP contribution is -2.57. The van der Waals surface area contributed by atoms with Gasteiger partial charge in [0.25, 0.3) is 0 Å². The highest BCUT2D eigenvalue weighted by molar-refractivity contribution is 5.76. The molecule has 0 aliphatic carbocycles. The van der Waals surface area contributed by atoms with Crippen molar-refractivity contribution in [1.29, 1.82) is 0 Å². The minimum absolute atomic E-state index is 0.129. The SMILES string of the molecule is COc1ccc2c(c1)[C@@H]1[C@@H](CN1C(C)=O)[C@@H](c1ccccc1)N2. The minimum Gasteiger partial charge on any atom is -0.497 e. The van der Waals surface area contributed by atoms with E-state index in [1.165, 1.54) is 5.56 Å². The van der Waals surface area contributed by atoms with Crippen LogP contribution < -0.4 is 10.1 Å². The average Bonchev–Trinajstić information content (AvgIpc) is 2.54. The highest BCUT2D eigenvalue weighted by atomic mass is 16.5. The van der Waals surface area contributed by atoms with Crippen LogP contribution in [0.25, 0.3) is 0 Å². The number of hydrogen-bond acceptors (Lipinski definition) is 3. The number of benzene rings is 2. The zero-order valence-electron chi connectivity index (χ0n) is 13.3. The van der Waals surface area contributed by atoms with E-state index in [4.69, 9.17) is 4.74 Å². The molecule has 1 amide bonds. The summed E-state index contributed by atoms with van der Waals surface area (Å²) < 4.78 is 5.36. The number of nitrogens with zero attached hydrogens (tertiary/aromatic N) is 1. The van der Waals surface area contributed by atoms with Crippen molar-refractivity contribution < 1.29 is 9.53 Å². The van der Waals surface area contributed by atoms with Crippen LogP contribution in [-0.4, -0.2) is 24.5 Å². The third-order valence-electron chi connectivity index (χ3n) is 5.03. The van der Waals surface area contributed by atoms with Crippen molar-refractivity contribution in [1.82, 2.24) is 4.90 Å². The number of nitrogens with one attached hydrogen (secondary N) is 1. The normalized spacial score (nSPS) is 24.8. The van der Waals surface area contributed by atoms with Gasteiger partial charge in [-0.2, -0.15) is 0 Å². The molecule has 3 atom stereocenters. The number of amides is 1. The lowest BCUT2D eigenvalue weighted by molar-refractivity contribution is -0.143. The summed E-state index contributed by atoms with van der Waals surface area (Å²) in [6.07, 6.45) is 0. The Kier molecular flexibility index (Phi) is 3.26. The molecule has 118 valence electrons. The van der Waals surface area contributed by atoms with E-state index in [0.717, 1.165) is 23.5 Å². The van der Waals surface area contributed by atoms with Gasteiger partial charge in [-0.1, -0.05) is 30.3 Å². The molecule has 1 fully saturated rings. The van der Waals surface area contributed by atoms with Gasteiger partial charge in [0.2, 0.25) is 5.91 Å². The van der Waals surface area contributed by atoms with Crippen molar-refractivity contribution in [2.75, 3.05) is 19.0 Å². The first-order valence-electron chi connectivity index (χ1n) is 7.95. The first-order chi connectivity index (χ1) is 11.2. The van der Waals surface area contributed by atoms with Crippen molar-refractivity contribution in [2.24, 2.45) is 5.92 Å². The molecule has 1 N–H and O–H groups in total. The van der Waals surface area contributed by atoms with Crippen LogP contribution in [0, 0.1) is 5.92 Å². The molecule has 0 unspecified atom stereocenters. The Hall–Kier alpha value is -2.49. The van der Waals surface area contributed by atoms with Gasteiger partial charge >= 0.3 is 0 Å². The van der Waals surface area contributed by atoms with Gasteiger partial charge < -0.3 is 15.0 Å². The second-order valence-corrected chi connectivity index (χ2v) is 6.27. The summed E-state index contributed by atoms with van der Waals surface area (Å²) in [5.41, 5.74) is 3.52. The van der Waals surface area contributed by atoms with E-state index < -0.39 is 0 Å². The fourth-order valence-electron chi connectivity index (χ4n) is 3.85. The number of anilines is 1. The molecule has 2 heterocycles. The molecular formula is C19H20N2O2. The Bertz CT molecular complexity index is 744. The first kappa shape index (κ1) is 14.1. The molecule has 2 aliphatic rings. The monoisotopic (exact) mass is 308 g/mol. The Balaban J connectivity index is 1.77. The molecule has 0 saturated carbocycles. The molecule has 1 saturated heterocycles. The second kappa shape index (κ2) is 5.30. The van der Waals surface area contributed by atoms with Crippen molar-refractivity contribution in [3.05, 3.63) is 59.7 Å². The molecule has 2 aliphatic heterocycles. The molecule has 4 nitrogen and oxygen atoms in total. The molecule has 0 aromatic heterocycles. The third-order valence-corrected chi connectivity index (χ3v) is 5.03. The van der Waals surface area contributed by atoms with Crippen LogP contribution in [0.15, 0.2) is 48.5 Å². The first-order valence-corrected chi connectivity index (χ1v) is 7.95. The van der Waals surface area contributed by atoms with Crippen molar-refractivity contribution in [3.8, 4) is 5.75 Å². The number of carbonyl (C=O) groups is 1. The molecular weight excluding hydrogens is 288 g/mol. The van der Waals surface area contributed by atoms with E-state index in [-0.39, 0.29) is 18.0 Å². The summed E-state index contributed by atoms with van der Waals surface area (Å²) in [6, 6.07) is 16.9. The van der Waals surface area contributed by atoms with Crippen LogP contribution in [0.1, 0.15) is 30.1 Å². The zero-order valence-corrected chi connectivity index (χ0v) is 13.3. The zero-order chi connectivity index (χ0) is 16.0. The van der Waals surface area contributed by atoms with Crippen molar-refractivity contribution in [2.45, 2.75) is 19.0 Å². The number of likely N-dealkylation sites (tertiary alicyclic amines) is 1. The molecule has 0 bridgehead atoms. The van der Waals surface area contributed by atoms with Crippen LogP contribution >= 0.6 is 0 Å². The quantitative estimate of drug-likeness (QED) is 0.924. The maximum Gasteiger partial charge on any atom is 0.219 e. The lowest BCUT2D eigenvalue weighted by Gasteiger charge is -2.54. The Morgan fingerprint density at radius 2 is 2.00 bits per heavy atom. The van der Waals surface area contributed by atoms with E-state index in [0.29, 0.717) is 5.92 Å². The standard InChI is InChI=1S/C19H20N2O2/c1-12(22)21-11-16-18(13-6-4-3-5-7-13)20-17-9-8-14(23-2)10-15(17)19(16)21/h3-10,16,18-20H,11H2,1-2H3/t16-,18+,19+/m0/s1. The van der Waals surface area contributed by atoms with Gasteiger partial charge in [0.1, 0.15) is 5.75 Å². The van der Waals surface area contributed by atoms with Crippen LogP contribution in [0.3, 0.4) is 0 Å². The fourth-order valence-corrected chi connectivity index (χ4v) is 3.85. The smallest absolute Gasteiger partial charge is 0.219 e. The number of methoxy groups -OCH3 is 1. The summed E-state index contributed by atoms with van der Waals surface area (Å²) >= 11 is 0. The number of hydrogen-bond donors (Lipinski definition) is 1. The van der Waals surface area contributed by atoms with Gasteiger partial charge in [0.15, 0.2) is 0 Å². The van der Waals surface area contributed by atoms with Gasteiger partial charge in [0, 0.05) is 30.6 Å². The Morgan fingerprint density at radius 1 is 1.22 bits per heavy atom. The molecule has 2 aromatic carbocycles. The van der Waals surface area contributed by atoms with E-state index in [1.807, 2.05) is 17.0 Å². The maximum absolute atomic E-state index is 12.0. The molecule has 2 aromatic rings. The summed E-state index contributed by atoms with van der Waals surface area (Å²) in [4.78, 5) is 13.9. The Morgan fingerprint density at radius 3 is 2.70 bits per heavy atom. The summed E-state index contributed by atoms with van der Waals surface area (Å²) in [5, 5.41) is 3.66. The van der Waals surface area contributed by atoms with E-state index in [1.54, 1.807) is 14.0 Å². The largest absolute Gasteiger partial charge is 0.497 e. The summed E-state index contributed by atoms with van der Waals surface area (Å²) in [6.45, 7) is 2.44. The average molecular weight is 308 g/mol. The predicted molar refractivity (Wildman–Crippen MR) is 89.4 cm³/mol. The van der Waals surface area contributed by atoms with Gasteiger partial charge in [-0.3, -0.25) is 4.79 Å². The highest BCUT2D eigenvalue weighted by Crippen LogP contribution is 2.53. The number of ether oxygens (including phenoxy) is 1. The van der Waals surface area contributed by atoms with E-state index in [2.05, 4.69) is 41.7 Å². The van der Waals surface area contributed by atoms with Crippen molar-refractivity contribution >= 4 is 11.6 Å². The minimum atomic E-state index is 0.129. The maximum atomic E-state index is 12.0. The molecule has 0 radical (unpaired) electrons. The highest BCUT2D eigenvalue weighted by Gasteiger charge is 2.49. The van der Waals surface area contributed by atoms with Gasteiger partial charge in [-0.05, 0) is 23.8 Å². The number of rotatable bonds is 2. The third kappa shape index (κ3) is 2.17. The number of fused-ring (bicyclic) bond motifs is 3. The van der Waals surface area contributed by atoms with Crippen LogP contribution in [0.2, 0.25) is 0 Å². The second-order valence-electron chi connectivity index (χ2n) is 6.27. The fraction of sp³-hybridized carbons (Fsp3) is 0.316. The van der Waals surface area contributed by atoms with Crippen LogP contribution in [-0.2, 0) is 4.79 Å². The molecule has 0 spiro atoms. The van der Waals surface area contributed by atoms with Crippen LogP contribution in [0.5, 0.6) is 5.75 Å². The molecule has 23 heavy (non-hydrogen) atoms.